The van der Waals surface area contributed by atoms with Gasteiger partial charge in [0.15, 0.2) is 0 Å². The zero-order valence-electron chi connectivity index (χ0n) is 10.2. The molecular formula is C14H14N2O3. The van der Waals surface area contributed by atoms with Crippen LogP contribution < -0.4 is 5.32 Å². The van der Waals surface area contributed by atoms with Crippen LogP contribution in [-0.2, 0) is 16.1 Å². The summed E-state index contributed by atoms with van der Waals surface area (Å²) in [4.78, 5) is 26.4. The molecule has 5 heteroatoms. The molecule has 2 rings (SSSR count). The number of carbonyl (C=O) groups is 2. The number of carboxylic acid groups (broad SMARTS) is 1. The number of carboxylic acids is 1. The van der Waals surface area contributed by atoms with E-state index in [1.54, 1.807) is 6.08 Å². The van der Waals surface area contributed by atoms with Gasteiger partial charge >= 0.3 is 5.97 Å². The van der Waals surface area contributed by atoms with Crippen molar-refractivity contribution in [2.45, 2.75) is 13.0 Å². The predicted molar refractivity (Wildman–Crippen MR) is 70.6 cm³/mol. The molecule has 0 aromatic heterocycles. The molecule has 1 heterocycles. The Morgan fingerprint density at radius 3 is 2.68 bits per heavy atom. The van der Waals surface area contributed by atoms with E-state index < -0.39 is 11.9 Å². The molecule has 1 aliphatic rings. The number of nitrogens with zero attached hydrogens (tertiary/aromatic N) is 1. The van der Waals surface area contributed by atoms with Gasteiger partial charge in [-0.2, -0.15) is 0 Å². The lowest BCUT2D eigenvalue weighted by atomic mass is 10.0. The number of hydrogen-bond acceptors (Lipinski definition) is 3. The van der Waals surface area contributed by atoms with Crippen LogP contribution in [0.15, 0.2) is 47.6 Å². The SMILES string of the molecule is O=C(CC1C=CN=C1C(=O)O)NCc1ccccc1. The summed E-state index contributed by atoms with van der Waals surface area (Å²) in [5, 5.41) is 11.7. The fourth-order valence-corrected chi connectivity index (χ4v) is 1.86. The van der Waals surface area contributed by atoms with Gasteiger partial charge in [0.1, 0.15) is 5.71 Å². The largest absolute Gasteiger partial charge is 0.477 e. The topological polar surface area (TPSA) is 78.8 Å². The van der Waals surface area contributed by atoms with Gasteiger partial charge in [-0.3, -0.25) is 9.79 Å². The van der Waals surface area contributed by atoms with E-state index in [9.17, 15) is 9.59 Å². The second-order valence-corrected chi connectivity index (χ2v) is 4.23. The minimum atomic E-state index is -1.08. The van der Waals surface area contributed by atoms with Crippen molar-refractivity contribution in [3.8, 4) is 0 Å². The van der Waals surface area contributed by atoms with E-state index in [4.69, 9.17) is 5.11 Å². The van der Waals surface area contributed by atoms with Gasteiger partial charge in [0.25, 0.3) is 0 Å². The van der Waals surface area contributed by atoms with Gasteiger partial charge in [0.05, 0.1) is 0 Å². The Morgan fingerprint density at radius 2 is 2.00 bits per heavy atom. The number of amides is 1. The Kier molecular flexibility index (Phi) is 4.07. The number of hydrogen-bond donors (Lipinski definition) is 2. The summed E-state index contributed by atoms with van der Waals surface area (Å²) in [5.74, 6) is -1.70. The predicted octanol–water partition coefficient (Wildman–Crippen LogP) is 1.36. The van der Waals surface area contributed by atoms with E-state index >= 15 is 0 Å². The van der Waals surface area contributed by atoms with Crippen molar-refractivity contribution < 1.29 is 14.7 Å². The molecule has 0 bridgehead atoms. The van der Waals surface area contributed by atoms with Crippen molar-refractivity contribution in [3.63, 3.8) is 0 Å². The normalized spacial score (nSPS) is 17.1. The number of nitrogens with one attached hydrogen (secondary N) is 1. The van der Waals surface area contributed by atoms with E-state index in [0.29, 0.717) is 6.54 Å². The summed E-state index contributed by atoms with van der Waals surface area (Å²) in [6.07, 6.45) is 3.17. The van der Waals surface area contributed by atoms with Crippen LogP contribution in [0, 0.1) is 5.92 Å². The maximum Gasteiger partial charge on any atom is 0.350 e. The van der Waals surface area contributed by atoms with Crippen molar-refractivity contribution in [2.24, 2.45) is 10.9 Å². The standard InChI is InChI=1S/C14H14N2O3/c17-12(16-9-10-4-2-1-3-5-10)8-11-6-7-15-13(11)14(18)19/h1-7,11H,8-9H2,(H,16,17)(H,18,19). The Labute approximate surface area is 110 Å². The fourth-order valence-electron chi connectivity index (χ4n) is 1.86. The molecule has 0 aliphatic carbocycles. The molecule has 0 radical (unpaired) electrons. The Bertz CT molecular complexity index is 535. The van der Waals surface area contributed by atoms with Gasteiger partial charge in [-0.05, 0) is 5.56 Å². The van der Waals surface area contributed by atoms with E-state index in [2.05, 4.69) is 10.3 Å². The van der Waals surface area contributed by atoms with Crippen LogP contribution in [0.2, 0.25) is 0 Å². The fraction of sp³-hybridized carbons (Fsp3) is 0.214. The molecule has 5 nitrogen and oxygen atoms in total. The molecule has 1 aromatic carbocycles. The maximum absolute atomic E-state index is 11.7. The summed E-state index contributed by atoms with van der Waals surface area (Å²) in [6, 6.07) is 9.54. The zero-order chi connectivity index (χ0) is 13.7. The third-order valence-corrected chi connectivity index (χ3v) is 2.84. The van der Waals surface area contributed by atoms with Crippen LogP contribution in [-0.4, -0.2) is 22.7 Å². The van der Waals surface area contributed by atoms with Crippen molar-refractivity contribution in [3.05, 3.63) is 48.2 Å². The molecule has 98 valence electrons. The van der Waals surface area contributed by atoms with Gasteiger partial charge in [-0.1, -0.05) is 36.4 Å². The first-order chi connectivity index (χ1) is 9.16. The van der Waals surface area contributed by atoms with Gasteiger partial charge in [0.2, 0.25) is 5.91 Å². The first-order valence-corrected chi connectivity index (χ1v) is 5.95. The monoisotopic (exact) mass is 258 g/mol. The molecule has 1 unspecified atom stereocenters. The smallest absolute Gasteiger partial charge is 0.350 e. The van der Waals surface area contributed by atoms with E-state index in [-0.39, 0.29) is 18.0 Å². The van der Waals surface area contributed by atoms with Crippen LogP contribution in [0.4, 0.5) is 0 Å². The lowest BCUT2D eigenvalue weighted by Gasteiger charge is -2.09. The minimum Gasteiger partial charge on any atom is -0.477 e. The van der Waals surface area contributed by atoms with Crippen LogP contribution in [0.3, 0.4) is 0 Å². The quantitative estimate of drug-likeness (QED) is 0.837. The van der Waals surface area contributed by atoms with Gasteiger partial charge in [0, 0.05) is 25.1 Å². The maximum atomic E-state index is 11.7. The summed E-state index contributed by atoms with van der Waals surface area (Å²) in [7, 11) is 0. The highest BCUT2D eigenvalue weighted by molar-refractivity contribution is 6.37. The van der Waals surface area contributed by atoms with Crippen LogP contribution in [0.25, 0.3) is 0 Å². The number of rotatable bonds is 5. The molecular weight excluding hydrogens is 244 g/mol. The molecule has 0 fully saturated rings. The van der Waals surface area contributed by atoms with E-state index in [1.165, 1.54) is 6.20 Å². The second kappa shape index (κ2) is 5.95. The highest BCUT2D eigenvalue weighted by Gasteiger charge is 2.25. The second-order valence-electron chi connectivity index (χ2n) is 4.23. The van der Waals surface area contributed by atoms with Crippen molar-refractivity contribution >= 4 is 17.6 Å². The minimum absolute atomic E-state index is 0.0230. The van der Waals surface area contributed by atoms with Crippen LogP contribution in [0.1, 0.15) is 12.0 Å². The number of aliphatic imine (C=N–C) groups is 1. The summed E-state index contributed by atoms with van der Waals surface area (Å²) in [6.45, 7) is 0.440. The summed E-state index contributed by atoms with van der Waals surface area (Å²) >= 11 is 0. The number of carbonyl (C=O) groups excluding carboxylic acids is 1. The summed E-state index contributed by atoms with van der Waals surface area (Å²) < 4.78 is 0. The lowest BCUT2D eigenvalue weighted by Crippen LogP contribution is -2.29. The average Bonchev–Trinajstić information content (AvgIpc) is 2.86. The summed E-state index contributed by atoms with van der Waals surface area (Å²) in [5.41, 5.74) is 1.03. The number of aliphatic carboxylic acids is 1. The van der Waals surface area contributed by atoms with E-state index in [0.717, 1.165) is 5.56 Å². The molecule has 19 heavy (non-hydrogen) atoms. The van der Waals surface area contributed by atoms with Crippen molar-refractivity contribution in [1.82, 2.24) is 5.32 Å². The lowest BCUT2D eigenvalue weighted by molar-refractivity contribution is -0.129. The molecule has 0 spiro atoms. The first-order valence-electron chi connectivity index (χ1n) is 5.95. The first kappa shape index (κ1) is 13.0. The highest BCUT2D eigenvalue weighted by Crippen LogP contribution is 2.15. The molecule has 0 saturated carbocycles. The molecule has 1 aliphatic heterocycles. The average molecular weight is 258 g/mol. The Balaban J connectivity index is 1.84. The molecule has 0 saturated heterocycles. The highest BCUT2D eigenvalue weighted by atomic mass is 16.4. The van der Waals surface area contributed by atoms with Crippen molar-refractivity contribution in [1.29, 1.82) is 0 Å². The third kappa shape index (κ3) is 3.51. The molecule has 1 aromatic rings. The molecule has 2 N–H and O–H groups in total. The zero-order valence-corrected chi connectivity index (χ0v) is 10.2. The molecule has 1 amide bonds. The Hall–Kier alpha value is -2.43. The van der Waals surface area contributed by atoms with Gasteiger partial charge in [-0.25, -0.2) is 4.79 Å². The number of benzene rings is 1. The number of allylic oxidation sites excluding steroid dienone is 1. The Morgan fingerprint density at radius 1 is 1.26 bits per heavy atom. The molecule has 1 atom stereocenters. The van der Waals surface area contributed by atoms with Crippen molar-refractivity contribution in [2.75, 3.05) is 0 Å². The third-order valence-electron chi connectivity index (χ3n) is 2.84. The van der Waals surface area contributed by atoms with Gasteiger partial charge < -0.3 is 10.4 Å². The van der Waals surface area contributed by atoms with E-state index in [1.807, 2.05) is 30.3 Å². The van der Waals surface area contributed by atoms with Crippen LogP contribution in [0.5, 0.6) is 0 Å². The van der Waals surface area contributed by atoms with Crippen LogP contribution >= 0.6 is 0 Å². The van der Waals surface area contributed by atoms with Gasteiger partial charge in [-0.15, -0.1) is 0 Å².